The second-order valence-corrected chi connectivity index (χ2v) is 4.69. The number of aryl methyl sites for hydroxylation is 1. The maximum absolute atomic E-state index is 3.61. The van der Waals surface area contributed by atoms with Gasteiger partial charge in [-0.3, -0.25) is 0 Å². The van der Waals surface area contributed by atoms with Crippen molar-refractivity contribution in [2.24, 2.45) is 5.92 Å². The number of nitrogens with one attached hydrogen (secondary N) is 1. The van der Waals surface area contributed by atoms with Crippen molar-refractivity contribution in [1.82, 2.24) is 5.32 Å². The van der Waals surface area contributed by atoms with E-state index in [-0.39, 0.29) is 0 Å². The van der Waals surface area contributed by atoms with Crippen LogP contribution in [-0.4, -0.2) is 12.6 Å². The molecule has 0 saturated heterocycles. The Labute approximate surface area is 92.9 Å². The summed E-state index contributed by atoms with van der Waals surface area (Å²) >= 11 is 0. The minimum Gasteiger partial charge on any atom is -0.314 e. The van der Waals surface area contributed by atoms with Crippen molar-refractivity contribution in [3.8, 4) is 0 Å². The van der Waals surface area contributed by atoms with Gasteiger partial charge in [-0.2, -0.15) is 0 Å². The standard InChI is InChI=1S/C14H21N/c1-3-15-14(13-8-9-13)10-12-6-4-11(2)5-7-12/h4-7,13-15H,3,8-10H2,1-2H3/t14-/m1/s1. The van der Waals surface area contributed by atoms with Crippen LogP contribution in [0.4, 0.5) is 0 Å². The summed E-state index contributed by atoms with van der Waals surface area (Å²) in [5.74, 6) is 0.936. The first-order valence-electron chi connectivity index (χ1n) is 6.08. The summed E-state index contributed by atoms with van der Waals surface area (Å²) in [6, 6.07) is 9.67. The Morgan fingerprint density at radius 2 is 1.93 bits per heavy atom. The molecule has 0 amide bonds. The summed E-state index contributed by atoms with van der Waals surface area (Å²) in [5, 5.41) is 3.61. The highest BCUT2D eigenvalue weighted by molar-refractivity contribution is 5.22. The monoisotopic (exact) mass is 203 g/mol. The lowest BCUT2D eigenvalue weighted by atomic mass is 10.0. The van der Waals surface area contributed by atoms with Gasteiger partial charge in [-0.05, 0) is 44.2 Å². The van der Waals surface area contributed by atoms with Gasteiger partial charge in [0.1, 0.15) is 0 Å². The van der Waals surface area contributed by atoms with Crippen molar-refractivity contribution in [2.45, 2.75) is 39.2 Å². The molecule has 1 aromatic rings. The number of hydrogen-bond acceptors (Lipinski definition) is 1. The van der Waals surface area contributed by atoms with Gasteiger partial charge in [-0.1, -0.05) is 36.8 Å². The molecule has 0 spiro atoms. The van der Waals surface area contributed by atoms with Crippen LogP contribution in [0, 0.1) is 12.8 Å². The molecule has 0 bridgehead atoms. The highest BCUT2D eigenvalue weighted by Gasteiger charge is 2.30. The first-order valence-corrected chi connectivity index (χ1v) is 6.08. The lowest BCUT2D eigenvalue weighted by Crippen LogP contribution is -2.32. The zero-order valence-electron chi connectivity index (χ0n) is 9.79. The Kier molecular flexibility index (Phi) is 3.42. The van der Waals surface area contributed by atoms with Crippen LogP contribution in [-0.2, 0) is 6.42 Å². The molecule has 1 heteroatoms. The zero-order valence-corrected chi connectivity index (χ0v) is 9.79. The third-order valence-corrected chi connectivity index (χ3v) is 3.23. The summed E-state index contributed by atoms with van der Waals surface area (Å²) in [6.45, 7) is 5.43. The molecule has 1 aliphatic carbocycles. The highest BCUT2D eigenvalue weighted by atomic mass is 14.9. The molecule has 0 heterocycles. The van der Waals surface area contributed by atoms with E-state index in [4.69, 9.17) is 0 Å². The molecule has 1 saturated carbocycles. The molecule has 82 valence electrons. The van der Waals surface area contributed by atoms with Gasteiger partial charge in [0.2, 0.25) is 0 Å². The van der Waals surface area contributed by atoms with E-state index < -0.39 is 0 Å². The van der Waals surface area contributed by atoms with Crippen molar-refractivity contribution < 1.29 is 0 Å². The molecule has 1 nitrogen and oxygen atoms in total. The summed E-state index contributed by atoms with van der Waals surface area (Å²) in [5.41, 5.74) is 2.82. The predicted octanol–water partition coefficient (Wildman–Crippen LogP) is 2.93. The number of benzene rings is 1. The fraction of sp³-hybridized carbons (Fsp3) is 0.571. The van der Waals surface area contributed by atoms with Gasteiger partial charge in [0, 0.05) is 6.04 Å². The van der Waals surface area contributed by atoms with Gasteiger partial charge in [0.25, 0.3) is 0 Å². The first-order chi connectivity index (χ1) is 7.29. The number of hydrogen-bond donors (Lipinski definition) is 1. The Morgan fingerprint density at radius 3 is 2.47 bits per heavy atom. The van der Waals surface area contributed by atoms with Gasteiger partial charge in [0.15, 0.2) is 0 Å². The molecule has 1 atom stereocenters. The Bertz CT molecular complexity index is 298. The summed E-state index contributed by atoms with van der Waals surface area (Å²) < 4.78 is 0. The molecule has 2 rings (SSSR count). The summed E-state index contributed by atoms with van der Waals surface area (Å²) in [4.78, 5) is 0. The quantitative estimate of drug-likeness (QED) is 0.776. The average molecular weight is 203 g/mol. The molecular weight excluding hydrogens is 182 g/mol. The zero-order chi connectivity index (χ0) is 10.7. The van der Waals surface area contributed by atoms with E-state index in [0.717, 1.165) is 12.5 Å². The van der Waals surface area contributed by atoms with Gasteiger partial charge in [-0.25, -0.2) is 0 Å². The molecule has 1 N–H and O–H groups in total. The molecule has 0 radical (unpaired) electrons. The van der Waals surface area contributed by atoms with Gasteiger partial charge in [0.05, 0.1) is 0 Å². The van der Waals surface area contributed by atoms with Crippen LogP contribution in [0.15, 0.2) is 24.3 Å². The van der Waals surface area contributed by atoms with Gasteiger partial charge >= 0.3 is 0 Å². The van der Waals surface area contributed by atoms with Crippen LogP contribution in [0.5, 0.6) is 0 Å². The average Bonchev–Trinajstić information content (AvgIpc) is 3.04. The second kappa shape index (κ2) is 4.80. The van der Waals surface area contributed by atoms with Crippen molar-refractivity contribution in [3.63, 3.8) is 0 Å². The van der Waals surface area contributed by atoms with Crippen molar-refractivity contribution in [3.05, 3.63) is 35.4 Å². The van der Waals surface area contributed by atoms with Crippen LogP contribution in [0.3, 0.4) is 0 Å². The van der Waals surface area contributed by atoms with E-state index in [1.54, 1.807) is 0 Å². The predicted molar refractivity (Wildman–Crippen MR) is 65.1 cm³/mol. The van der Waals surface area contributed by atoms with Crippen LogP contribution in [0.25, 0.3) is 0 Å². The largest absolute Gasteiger partial charge is 0.314 e. The number of likely N-dealkylation sites (N-methyl/N-ethyl adjacent to an activating group) is 1. The molecular formula is C14H21N. The third kappa shape index (κ3) is 3.07. The highest BCUT2D eigenvalue weighted by Crippen LogP contribution is 2.34. The molecule has 1 fully saturated rings. The Hall–Kier alpha value is -0.820. The lowest BCUT2D eigenvalue weighted by molar-refractivity contribution is 0.472. The minimum absolute atomic E-state index is 0.706. The fourth-order valence-corrected chi connectivity index (χ4v) is 2.14. The van der Waals surface area contributed by atoms with E-state index in [1.165, 1.54) is 30.4 Å². The Balaban J connectivity index is 1.95. The topological polar surface area (TPSA) is 12.0 Å². The van der Waals surface area contributed by atoms with Crippen LogP contribution in [0.2, 0.25) is 0 Å². The fourth-order valence-electron chi connectivity index (χ4n) is 2.14. The van der Waals surface area contributed by atoms with E-state index in [0.29, 0.717) is 6.04 Å². The molecule has 1 aromatic carbocycles. The van der Waals surface area contributed by atoms with E-state index in [1.807, 2.05) is 0 Å². The summed E-state index contributed by atoms with van der Waals surface area (Å²) in [6.07, 6.45) is 4.03. The van der Waals surface area contributed by atoms with Crippen LogP contribution >= 0.6 is 0 Å². The maximum Gasteiger partial charge on any atom is 0.0136 e. The molecule has 1 aliphatic rings. The Morgan fingerprint density at radius 1 is 1.27 bits per heavy atom. The molecule has 0 aromatic heterocycles. The van der Waals surface area contributed by atoms with E-state index >= 15 is 0 Å². The first kappa shape index (κ1) is 10.7. The number of rotatable bonds is 5. The molecule has 0 aliphatic heterocycles. The van der Waals surface area contributed by atoms with Gasteiger partial charge < -0.3 is 5.32 Å². The molecule has 0 unspecified atom stereocenters. The van der Waals surface area contributed by atoms with E-state index in [2.05, 4.69) is 43.4 Å². The smallest absolute Gasteiger partial charge is 0.0136 e. The SMILES string of the molecule is CCN[C@H](Cc1ccc(C)cc1)C1CC1. The van der Waals surface area contributed by atoms with Crippen LogP contribution < -0.4 is 5.32 Å². The maximum atomic E-state index is 3.61. The third-order valence-electron chi connectivity index (χ3n) is 3.23. The van der Waals surface area contributed by atoms with Crippen LogP contribution in [0.1, 0.15) is 30.9 Å². The van der Waals surface area contributed by atoms with Crippen molar-refractivity contribution >= 4 is 0 Å². The second-order valence-electron chi connectivity index (χ2n) is 4.69. The van der Waals surface area contributed by atoms with Gasteiger partial charge in [-0.15, -0.1) is 0 Å². The van der Waals surface area contributed by atoms with Crippen molar-refractivity contribution in [2.75, 3.05) is 6.54 Å². The van der Waals surface area contributed by atoms with E-state index in [9.17, 15) is 0 Å². The normalized spacial score (nSPS) is 17.7. The van der Waals surface area contributed by atoms with Crippen molar-refractivity contribution in [1.29, 1.82) is 0 Å². The molecule has 15 heavy (non-hydrogen) atoms. The lowest BCUT2D eigenvalue weighted by Gasteiger charge is -2.17. The minimum atomic E-state index is 0.706. The summed E-state index contributed by atoms with van der Waals surface area (Å²) in [7, 11) is 0.